The molecule has 13 nitrogen and oxygen atoms in total. The summed E-state index contributed by atoms with van der Waals surface area (Å²) in [4.78, 5) is 37.4. The number of fused-ring (bicyclic) bond motifs is 2. The van der Waals surface area contributed by atoms with Crippen LogP contribution in [0, 0.1) is 0 Å². The summed E-state index contributed by atoms with van der Waals surface area (Å²) in [5, 5.41) is 28.4. The standard InChI is InChI=1S/C33H46N6O7/c1-36-29-13-11-25(23-27(29)35-30(36)6-4-8-32(43)45-3)39(16-20-42)17-21-46-33(44)9-5-7-31-34-26-22-24(10-12-28(26)37(31)2)38(14-18-40)15-19-41/h10-13,22-23,40-42H,4-9,14-21H2,1-3H3. The van der Waals surface area contributed by atoms with Crippen molar-refractivity contribution in [1.29, 1.82) is 0 Å². The highest BCUT2D eigenvalue weighted by molar-refractivity contribution is 5.81. The van der Waals surface area contributed by atoms with Gasteiger partial charge in [-0.3, -0.25) is 9.59 Å². The highest BCUT2D eigenvalue weighted by Crippen LogP contribution is 2.25. The van der Waals surface area contributed by atoms with E-state index in [0.717, 1.165) is 45.1 Å². The second-order valence-electron chi connectivity index (χ2n) is 11.2. The molecular formula is C33H46N6O7. The molecule has 0 radical (unpaired) electrons. The highest BCUT2D eigenvalue weighted by Gasteiger charge is 2.15. The maximum Gasteiger partial charge on any atom is 0.305 e. The first-order valence-electron chi connectivity index (χ1n) is 15.7. The van der Waals surface area contributed by atoms with Gasteiger partial charge in [-0.15, -0.1) is 0 Å². The van der Waals surface area contributed by atoms with Crippen molar-refractivity contribution in [1.82, 2.24) is 19.1 Å². The maximum atomic E-state index is 12.6. The number of aliphatic hydroxyl groups is 3. The number of aromatic nitrogens is 4. The molecule has 13 heteroatoms. The first kappa shape index (κ1) is 34.7. The van der Waals surface area contributed by atoms with Gasteiger partial charge in [0.1, 0.15) is 18.3 Å². The number of esters is 2. The average molecular weight is 639 g/mol. The van der Waals surface area contributed by atoms with E-state index in [1.807, 2.05) is 69.4 Å². The topological polar surface area (TPSA) is 155 Å². The van der Waals surface area contributed by atoms with E-state index in [1.54, 1.807) is 0 Å². The van der Waals surface area contributed by atoms with Gasteiger partial charge in [-0.25, -0.2) is 9.97 Å². The number of hydrogen-bond donors (Lipinski definition) is 3. The number of ether oxygens (including phenoxy) is 2. The predicted octanol–water partition coefficient (Wildman–Crippen LogP) is 2.11. The van der Waals surface area contributed by atoms with E-state index in [0.29, 0.717) is 58.3 Å². The summed E-state index contributed by atoms with van der Waals surface area (Å²) in [5.41, 5.74) is 5.34. The normalized spacial score (nSPS) is 11.3. The largest absolute Gasteiger partial charge is 0.469 e. The number of imidazole rings is 2. The van der Waals surface area contributed by atoms with Crippen LogP contribution in [-0.2, 0) is 46.0 Å². The molecule has 0 saturated carbocycles. The number of hydrogen-bond acceptors (Lipinski definition) is 11. The first-order chi connectivity index (χ1) is 22.3. The van der Waals surface area contributed by atoms with E-state index in [1.165, 1.54) is 7.11 Å². The third-order valence-corrected chi connectivity index (χ3v) is 8.17. The fourth-order valence-electron chi connectivity index (χ4n) is 5.64. The van der Waals surface area contributed by atoms with Crippen LogP contribution in [0.4, 0.5) is 11.4 Å². The number of methoxy groups -OCH3 is 1. The molecule has 2 heterocycles. The molecule has 4 rings (SSSR count). The van der Waals surface area contributed by atoms with Crippen molar-refractivity contribution < 1.29 is 34.4 Å². The van der Waals surface area contributed by atoms with Crippen LogP contribution >= 0.6 is 0 Å². The van der Waals surface area contributed by atoms with Crippen molar-refractivity contribution >= 4 is 45.4 Å². The lowest BCUT2D eigenvalue weighted by Crippen LogP contribution is -2.31. The summed E-state index contributed by atoms with van der Waals surface area (Å²) < 4.78 is 14.3. The molecule has 250 valence electrons. The zero-order valence-corrected chi connectivity index (χ0v) is 27.0. The molecule has 0 spiro atoms. The van der Waals surface area contributed by atoms with Gasteiger partial charge in [-0.2, -0.15) is 0 Å². The molecule has 2 aromatic heterocycles. The molecule has 0 amide bonds. The number of rotatable bonds is 19. The summed E-state index contributed by atoms with van der Waals surface area (Å²) in [7, 11) is 5.29. The molecule has 3 N–H and O–H groups in total. The quantitative estimate of drug-likeness (QED) is 0.129. The van der Waals surface area contributed by atoms with Gasteiger partial charge in [-0.05, 0) is 49.2 Å². The van der Waals surface area contributed by atoms with Gasteiger partial charge >= 0.3 is 11.9 Å². The fraction of sp³-hybridized carbons (Fsp3) is 0.515. The minimum Gasteiger partial charge on any atom is -0.469 e. The lowest BCUT2D eigenvalue weighted by Gasteiger charge is -2.23. The van der Waals surface area contributed by atoms with Crippen molar-refractivity contribution in [3.63, 3.8) is 0 Å². The molecular weight excluding hydrogens is 592 g/mol. The number of benzene rings is 2. The Morgan fingerprint density at radius 2 is 1.17 bits per heavy atom. The van der Waals surface area contributed by atoms with Crippen molar-refractivity contribution in [2.75, 3.05) is 69.5 Å². The minimum atomic E-state index is -0.287. The summed E-state index contributed by atoms with van der Waals surface area (Å²) in [5.74, 6) is 1.22. The van der Waals surface area contributed by atoms with Gasteiger partial charge in [0.05, 0.1) is 55.5 Å². The van der Waals surface area contributed by atoms with E-state index in [9.17, 15) is 24.9 Å². The summed E-state index contributed by atoms with van der Waals surface area (Å²) in [6.45, 7) is 1.77. The van der Waals surface area contributed by atoms with E-state index in [-0.39, 0.29) is 44.8 Å². The molecule has 0 unspecified atom stereocenters. The lowest BCUT2D eigenvalue weighted by molar-refractivity contribution is -0.143. The Kier molecular flexibility index (Phi) is 12.8. The molecule has 0 fully saturated rings. The van der Waals surface area contributed by atoms with Gasteiger partial charge in [-0.1, -0.05) is 0 Å². The number of nitrogens with zero attached hydrogens (tertiary/aromatic N) is 6. The van der Waals surface area contributed by atoms with Gasteiger partial charge < -0.3 is 43.7 Å². The molecule has 0 aliphatic heterocycles. The summed E-state index contributed by atoms with van der Waals surface area (Å²) in [6.07, 6.45) is 3.09. The van der Waals surface area contributed by atoms with E-state index < -0.39 is 0 Å². The van der Waals surface area contributed by atoms with Crippen molar-refractivity contribution in [3.8, 4) is 0 Å². The van der Waals surface area contributed by atoms with Crippen LogP contribution in [0.1, 0.15) is 37.3 Å². The summed E-state index contributed by atoms with van der Waals surface area (Å²) in [6, 6.07) is 11.8. The molecule has 2 aromatic carbocycles. The van der Waals surface area contributed by atoms with Crippen LogP contribution in [0.15, 0.2) is 36.4 Å². The fourth-order valence-corrected chi connectivity index (χ4v) is 5.64. The average Bonchev–Trinajstić information content (AvgIpc) is 3.54. The van der Waals surface area contributed by atoms with Crippen LogP contribution in [0.25, 0.3) is 22.1 Å². The molecule has 0 aliphatic rings. The van der Waals surface area contributed by atoms with Crippen LogP contribution < -0.4 is 9.80 Å². The minimum absolute atomic E-state index is 0.00932. The Morgan fingerprint density at radius 1 is 0.717 bits per heavy atom. The summed E-state index contributed by atoms with van der Waals surface area (Å²) >= 11 is 0. The number of carbonyl (C=O) groups is 2. The molecule has 0 aliphatic carbocycles. The van der Waals surface area contributed by atoms with Crippen molar-refractivity contribution in [3.05, 3.63) is 48.0 Å². The highest BCUT2D eigenvalue weighted by atomic mass is 16.5. The van der Waals surface area contributed by atoms with Crippen molar-refractivity contribution in [2.24, 2.45) is 14.1 Å². The van der Waals surface area contributed by atoms with Crippen LogP contribution in [0.2, 0.25) is 0 Å². The second kappa shape index (κ2) is 16.9. The number of aryl methyl sites for hydroxylation is 4. The third-order valence-electron chi connectivity index (χ3n) is 8.17. The lowest BCUT2D eigenvalue weighted by atomic mass is 10.2. The number of carbonyl (C=O) groups excluding carboxylic acids is 2. The third kappa shape index (κ3) is 8.74. The Bertz CT molecular complexity index is 1590. The van der Waals surface area contributed by atoms with Gasteiger partial charge in [0.15, 0.2) is 0 Å². The monoisotopic (exact) mass is 638 g/mol. The van der Waals surface area contributed by atoms with Crippen molar-refractivity contribution in [2.45, 2.75) is 38.5 Å². The zero-order chi connectivity index (χ0) is 33.1. The zero-order valence-electron chi connectivity index (χ0n) is 27.0. The van der Waals surface area contributed by atoms with Crippen LogP contribution in [0.3, 0.4) is 0 Å². The number of anilines is 2. The molecule has 4 aromatic rings. The Hall–Kier alpha value is -4.20. The van der Waals surface area contributed by atoms with Gasteiger partial charge in [0.25, 0.3) is 0 Å². The van der Waals surface area contributed by atoms with E-state index in [2.05, 4.69) is 0 Å². The smallest absolute Gasteiger partial charge is 0.305 e. The second-order valence-corrected chi connectivity index (χ2v) is 11.2. The van der Waals surface area contributed by atoms with Crippen LogP contribution in [-0.4, -0.2) is 106 Å². The predicted molar refractivity (Wildman–Crippen MR) is 176 cm³/mol. The van der Waals surface area contributed by atoms with Crippen LogP contribution in [0.5, 0.6) is 0 Å². The molecule has 0 bridgehead atoms. The number of aliphatic hydroxyl groups excluding tert-OH is 3. The Labute approximate surface area is 269 Å². The van der Waals surface area contributed by atoms with Gasteiger partial charge in [0, 0.05) is 70.8 Å². The molecule has 0 atom stereocenters. The maximum absolute atomic E-state index is 12.6. The molecule has 46 heavy (non-hydrogen) atoms. The Morgan fingerprint density at radius 3 is 1.63 bits per heavy atom. The SMILES string of the molecule is COC(=O)CCCc1nc2cc(N(CCO)CCOC(=O)CCCc3nc4cc(N(CCO)CCO)ccc4n3C)ccc2n1C. The first-order valence-corrected chi connectivity index (χ1v) is 15.7. The van der Waals surface area contributed by atoms with E-state index in [4.69, 9.17) is 19.4 Å². The molecule has 0 saturated heterocycles. The van der Waals surface area contributed by atoms with E-state index >= 15 is 0 Å². The Balaban J connectivity index is 1.28. The van der Waals surface area contributed by atoms with Gasteiger partial charge in [0.2, 0.25) is 0 Å².